The maximum atomic E-state index is 10.2. The molecule has 4 heteroatoms. The summed E-state index contributed by atoms with van der Waals surface area (Å²) in [5.41, 5.74) is 7.51. The van der Waals surface area contributed by atoms with Gasteiger partial charge in [-0.1, -0.05) is 13.0 Å². The van der Waals surface area contributed by atoms with Crippen molar-refractivity contribution in [2.45, 2.75) is 13.3 Å². The van der Waals surface area contributed by atoms with Gasteiger partial charge in [0.1, 0.15) is 17.1 Å². The largest absolute Gasteiger partial charge is 0.495 e. The first-order valence-electron chi connectivity index (χ1n) is 4.27. The Bertz CT molecular complexity index is 382. The predicted octanol–water partition coefficient (Wildman–Crippen LogP) is 1.81. The second-order valence-electron chi connectivity index (χ2n) is 2.75. The van der Waals surface area contributed by atoms with E-state index in [1.807, 2.05) is 13.0 Å². The van der Waals surface area contributed by atoms with E-state index in [-0.39, 0.29) is 0 Å². The summed E-state index contributed by atoms with van der Waals surface area (Å²) in [5, 5.41) is 0. The summed E-state index contributed by atoms with van der Waals surface area (Å²) in [6, 6.07) is 3.60. The smallest absolute Gasteiger partial charge is 0.240 e. The molecule has 0 heterocycles. The highest BCUT2D eigenvalue weighted by Crippen LogP contribution is 2.34. The fourth-order valence-corrected chi connectivity index (χ4v) is 1.28. The number of nitrogens with zero attached hydrogens (tertiary/aromatic N) is 1. The molecule has 0 radical (unpaired) electrons. The molecule has 0 saturated heterocycles. The number of carbonyl (C=O) groups excluding carboxylic acids is 1. The second kappa shape index (κ2) is 4.44. The van der Waals surface area contributed by atoms with E-state index >= 15 is 0 Å². The molecule has 0 bridgehead atoms. The zero-order valence-electron chi connectivity index (χ0n) is 8.20. The van der Waals surface area contributed by atoms with Crippen LogP contribution in [-0.2, 0) is 11.2 Å². The van der Waals surface area contributed by atoms with Gasteiger partial charge in [0.25, 0.3) is 0 Å². The standard InChI is InChI=1S/C10H12N2O2/c1-3-7-4-5-8(14-2)9(11)10(7)12-6-13/h4-5H,3,11H2,1-2H3. The number of hydrogen-bond donors (Lipinski definition) is 1. The van der Waals surface area contributed by atoms with Gasteiger partial charge in [-0.15, -0.1) is 0 Å². The second-order valence-corrected chi connectivity index (χ2v) is 2.75. The summed E-state index contributed by atoms with van der Waals surface area (Å²) in [6.45, 7) is 1.96. The molecule has 0 amide bonds. The number of rotatable bonds is 3. The topological polar surface area (TPSA) is 64.7 Å². The average Bonchev–Trinajstić information content (AvgIpc) is 2.21. The third-order valence-corrected chi connectivity index (χ3v) is 2.02. The summed E-state index contributed by atoms with van der Waals surface area (Å²) in [5.74, 6) is 0.524. The lowest BCUT2D eigenvalue weighted by Gasteiger charge is -2.09. The number of ether oxygens (including phenoxy) is 1. The quantitative estimate of drug-likeness (QED) is 0.451. The Morgan fingerprint density at radius 1 is 1.57 bits per heavy atom. The third-order valence-electron chi connectivity index (χ3n) is 2.02. The number of hydrogen-bond acceptors (Lipinski definition) is 4. The van der Waals surface area contributed by atoms with E-state index < -0.39 is 0 Å². The van der Waals surface area contributed by atoms with Crippen LogP contribution in [0.2, 0.25) is 0 Å². The van der Waals surface area contributed by atoms with Crippen molar-refractivity contribution in [3.05, 3.63) is 17.7 Å². The van der Waals surface area contributed by atoms with Crippen LogP contribution < -0.4 is 10.5 Å². The van der Waals surface area contributed by atoms with Crippen LogP contribution in [0.1, 0.15) is 12.5 Å². The molecule has 0 atom stereocenters. The van der Waals surface area contributed by atoms with E-state index in [1.165, 1.54) is 13.2 Å². The van der Waals surface area contributed by atoms with Crippen LogP contribution >= 0.6 is 0 Å². The minimum atomic E-state index is 0.384. The molecule has 0 unspecified atom stereocenters. The van der Waals surface area contributed by atoms with E-state index in [2.05, 4.69) is 4.99 Å². The van der Waals surface area contributed by atoms with Crippen molar-refractivity contribution in [3.8, 4) is 5.75 Å². The van der Waals surface area contributed by atoms with Crippen LogP contribution in [0.5, 0.6) is 5.75 Å². The Kier molecular flexibility index (Phi) is 3.26. The van der Waals surface area contributed by atoms with E-state index in [9.17, 15) is 4.79 Å². The Balaban J connectivity index is 3.38. The van der Waals surface area contributed by atoms with Gasteiger partial charge in [-0.05, 0) is 18.1 Å². The van der Waals surface area contributed by atoms with Crippen LogP contribution in [0.15, 0.2) is 17.1 Å². The number of isocyanates is 1. The molecular formula is C10H12N2O2. The average molecular weight is 192 g/mol. The molecule has 0 saturated carbocycles. The molecule has 0 spiro atoms. The van der Waals surface area contributed by atoms with E-state index in [0.717, 1.165) is 12.0 Å². The molecule has 0 aliphatic carbocycles. The Hall–Kier alpha value is -1.80. The molecular weight excluding hydrogens is 180 g/mol. The van der Waals surface area contributed by atoms with E-state index in [1.54, 1.807) is 6.07 Å². The minimum absolute atomic E-state index is 0.384. The van der Waals surface area contributed by atoms with Crippen LogP contribution in [-0.4, -0.2) is 13.2 Å². The predicted molar refractivity (Wildman–Crippen MR) is 54.6 cm³/mol. The van der Waals surface area contributed by atoms with Gasteiger partial charge in [-0.25, -0.2) is 4.79 Å². The molecule has 14 heavy (non-hydrogen) atoms. The summed E-state index contributed by atoms with van der Waals surface area (Å²) < 4.78 is 5.02. The van der Waals surface area contributed by atoms with Gasteiger partial charge in [0.2, 0.25) is 6.08 Å². The number of anilines is 1. The Morgan fingerprint density at radius 2 is 2.29 bits per heavy atom. The molecule has 74 valence electrons. The molecule has 0 fully saturated rings. The van der Waals surface area contributed by atoms with Crippen molar-refractivity contribution in [3.63, 3.8) is 0 Å². The molecule has 4 nitrogen and oxygen atoms in total. The maximum absolute atomic E-state index is 10.2. The maximum Gasteiger partial charge on any atom is 0.240 e. The fraction of sp³-hybridized carbons (Fsp3) is 0.300. The first-order valence-corrected chi connectivity index (χ1v) is 4.27. The number of nitrogen functional groups attached to an aromatic ring is 1. The Morgan fingerprint density at radius 3 is 2.79 bits per heavy atom. The molecule has 2 N–H and O–H groups in total. The minimum Gasteiger partial charge on any atom is -0.495 e. The zero-order chi connectivity index (χ0) is 10.6. The van der Waals surface area contributed by atoms with Crippen LogP contribution in [0.4, 0.5) is 11.4 Å². The highest BCUT2D eigenvalue weighted by molar-refractivity contribution is 5.75. The first kappa shape index (κ1) is 10.3. The summed E-state index contributed by atoms with van der Waals surface area (Å²) in [4.78, 5) is 13.8. The molecule has 0 aliphatic rings. The lowest BCUT2D eigenvalue weighted by Crippen LogP contribution is -1.95. The highest BCUT2D eigenvalue weighted by Gasteiger charge is 2.09. The summed E-state index contributed by atoms with van der Waals surface area (Å²) in [7, 11) is 1.52. The number of methoxy groups -OCH3 is 1. The number of nitrogens with two attached hydrogens (primary N) is 1. The molecule has 1 aromatic rings. The van der Waals surface area contributed by atoms with E-state index in [4.69, 9.17) is 10.5 Å². The van der Waals surface area contributed by atoms with Gasteiger partial charge in [0, 0.05) is 0 Å². The number of benzene rings is 1. The van der Waals surface area contributed by atoms with Crippen molar-refractivity contribution in [2.75, 3.05) is 12.8 Å². The Labute approximate surface area is 82.4 Å². The van der Waals surface area contributed by atoms with Crippen LogP contribution in [0.3, 0.4) is 0 Å². The fourth-order valence-electron chi connectivity index (χ4n) is 1.28. The van der Waals surface area contributed by atoms with Crippen molar-refractivity contribution >= 4 is 17.5 Å². The van der Waals surface area contributed by atoms with Crippen molar-refractivity contribution < 1.29 is 9.53 Å². The van der Waals surface area contributed by atoms with Crippen LogP contribution in [0, 0.1) is 0 Å². The van der Waals surface area contributed by atoms with Gasteiger partial charge >= 0.3 is 0 Å². The van der Waals surface area contributed by atoms with Crippen LogP contribution in [0.25, 0.3) is 0 Å². The highest BCUT2D eigenvalue weighted by atomic mass is 16.5. The molecule has 1 aromatic carbocycles. The van der Waals surface area contributed by atoms with Gasteiger partial charge in [0.15, 0.2) is 0 Å². The lowest BCUT2D eigenvalue weighted by molar-refractivity contribution is 0.417. The summed E-state index contributed by atoms with van der Waals surface area (Å²) >= 11 is 0. The van der Waals surface area contributed by atoms with Crippen molar-refractivity contribution in [1.29, 1.82) is 0 Å². The summed E-state index contributed by atoms with van der Waals surface area (Å²) in [6.07, 6.45) is 2.25. The van der Waals surface area contributed by atoms with Gasteiger partial charge < -0.3 is 10.5 Å². The molecule has 0 aromatic heterocycles. The van der Waals surface area contributed by atoms with Gasteiger partial charge in [-0.2, -0.15) is 4.99 Å². The monoisotopic (exact) mass is 192 g/mol. The molecule has 0 aliphatic heterocycles. The normalized spacial score (nSPS) is 9.29. The molecule has 1 rings (SSSR count). The van der Waals surface area contributed by atoms with Gasteiger partial charge in [0.05, 0.1) is 7.11 Å². The lowest BCUT2D eigenvalue weighted by atomic mass is 10.1. The SMILES string of the molecule is CCc1ccc(OC)c(N)c1N=C=O. The number of aliphatic imine (C=N–C) groups is 1. The van der Waals surface area contributed by atoms with Crippen molar-refractivity contribution in [1.82, 2.24) is 0 Å². The van der Waals surface area contributed by atoms with Gasteiger partial charge in [-0.3, -0.25) is 0 Å². The third kappa shape index (κ3) is 1.75. The van der Waals surface area contributed by atoms with Crippen molar-refractivity contribution in [2.24, 2.45) is 4.99 Å². The number of aryl methyl sites for hydroxylation is 1. The van der Waals surface area contributed by atoms with E-state index in [0.29, 0.717) is 17.1 Å². The first-order chi connectivity index (χ1) is 6.74. The zero-order valence-corrected chi connectivity index (χ0v) is 8.20.